The highest BCUT2D eigenvalue weighted by Gasteiger charge is 2.26. The van der Waals surface area contributed by atoms with Crippen molar-refractivity contribution >= 4 is 11.6 Å². The molecule has 1 unspecified atom stereocenters. The lowest BCUT2D eigenvalue weighted by molar-refractivity contribution is 0.170. The van der Waals surface area contributed by atoms with Crippen LogP contribution in [-0.2, 0) is 25.9 Å². The maximum atomic E-state index is 13.3. The Balaban J connectivity index is 1.42. The van der Waals surface area contributed by atoms with Crippen molar-refractivity contribution < 1.29 is 4.39 Å². The van der Waals surface area contributed by atoms with E-state index in [9.17, 15) is 4.39 Å². The van der Waals surface area contributed by atoms with Gasteiger partial charge < -0.3 is 5.32 Å². The lowest BCUT2D eigenvalue weighted by atomic mass is 9.90. The molecule has 0 amide bonds. The topological polar surface area (TPSA) is 15.3 Å². The zero-order valence-electron chi connectivity index (χ0n) is 16.5. The van der Waals surface area contributed by atoms with Crippen LogP contribution in [0.4, 0.5) is 4.39 Å². The van der Waals surface area contributed by atoms with E-state index in [1.54, 1.807) is 12.1 Å². The Kier molecular flexibility index (Phi) is 6.60. The van der Waals surface area contributed by atoms with Crippen molar-refractivity contribution in [3.63, 3.8) is 0 Å². The van der Waals surface area contributed by atoms with Crippen molar-refractivity contribution in [2.45, 2.75) is 32.0 Å². The van der Waals surface area contributed by atoms with Gasteiger partial charge in [-0.2, -0.15) is 0 Å². The fraction of sp³-hybridized carbons (Fsp3) is 0.280. The second-order valence-corrected chi connectivity index (χ2v) is 8.17. The number of benzene rings is 3. The minimum absolute atomic E-state index is 0.184. The van der Waals surface area contributed by atoms with Crippen LogP contribution in [0.1, 0.15) is 22.3 Å². The third-order valence-corrected chi connectivity index (χ3v) is 5.88. The van der Waals surface area contributed by atoms with E-state index in [1.165, 1.54) is 22.3 Å². The molecule has 3 aromatic rings. The Labute approximate surface area is 177 Å². The van der Waals surface area contributed by atoms with E-state index in [4.69, 9.17) is 11.6 Å². The summed E-state index contributed by atoms with van der Waals surface area (Å²) in [6.45, 7) is 3.70. The highest BCUT2D eigenvalue weighted by atomic mass is 35.5. The minimum atomic E-state index is -0.184. The largest absolute Gasteiger partial charge is 0.311 e. The Morgan fingerprint density at radius 1 is 0.931 bits per heavy atom. The summed E-state index contributed by atoms with van der Waals surface area (Å²) in [5.74, 6) is -0.184. The monoisotopic (exact) mass is 408 g/mol. The highest BCUT2D eigenvalue weighted by molar-refractivity contribution is 6.30. The highest BCUT2D eigenvalue weighted by Crippen LogP contribution is 2.27. The first-order valence-electron chi connectivity index (χ1n) is 10.2. The molecule has 0 saturated heterocycles. The Morgan fingerprint density at radius 2 is 1.72 bits per heavy atom. The van der Waals surface area contributed by atoms with Crippen LogP contribution in [0.3, 0.4) is 0 Å². The van der Waals surface area contributed by atoms with E-state index in [0.29, 0.717) is 6.04 Å². The molecular weight excluding hydrogens is 383 g/mol. The van der Waals surface area contributed by atoms with Gasteiger partial charge in [-0.3, -0.25) is 4.90 Å². The maximum absolute atomic E-state index is 13.3. The van der Waals surface area contributed by atoms with Crippen LogP contribution in [-0.4, -0.2) is 24.0 Å². The van der Waals surface area contributed by atoms with Gasteiger partial charge in [0.2, 0.25) is 0 Å². The van der Waals surface area contributed by atoms with Gasteiger partial charge in [0.1, 0.15) is 5.82 Å². The van der Waals surface area contributed by atoms with Gasteiger partial charge in [0.05, 0.1) is 0 Å². The second kappa shape index (κ2) is 9.53. The molecule has 4 rings (SSSR count). The predicted molar refractivity (Wildman–Crippen MR) is 118 cm³/mol. The van der Waals surface area contributed by atoms with E-state index in [2.05, 4.69) is 46.6 Å². The number of nitrogens with one attached hydrogen (secondary N) is 1. The summed E-state index contributed by atoms with van der Waals surface area (Å²) in [4.78, 5) is 2.54. The van der Waals surface area contributed by atoms with Gasteiger partial charge in [0.15, 0.2) is 0 Å². The van der Waals surface area contributed by atoms with Crippen molar-refractivity contribution in [2.24, 2.45) is 0 Å². The third kappa shape index (κ3) is 5.45. The first-order chi connectivity index (χ1) is 14.2. The van der Waals surface area contributed by atoms with Crippen LogP contribution in [0.5, 0.6) is 0 Å². The zero-order chi connectivity index (χ0) is 20.1. The van der Waals surface area contributed by atoms with Crippen molar-refractivity contribution in [1.82, 2.24) is 10.2 Å². The molecule has 1 N–H and O–H groups in total. The first-order valence-corrected chi connectivity index (χ1v) is 10.6. The summed E-state index contributed by atoms with van der Waals surface area (Å²) in [5.41, 5.74) is 5.16. The molecule has 1 aliphatic heterocycles. The Morgan fingerprint density at radius 3 is 2.52 bits per heavy atom. The van der Waals surface area contributed by atoms with Gasteiger partial charge in [-0.1, -0.05) is 60.1 Å². The molecular formula is C25H26ClFN2. The summed E-state index contributed by atoms with van der Waals surface area (Å²) in [5, 5.41) is 4.36. The van der Waals surface area contributed by atoms with E-state index in [-0.39, 0.29) is 5.82 Å². The van der Waals surface area contributed by atoms with Gasteiger partial charge >= 0.3 is 0 Å². The average Bonchev–Trinajstić information content (AvgIpc) is 2.74. The molecule has 0 spiro atoms. The van der Waals surface area contributed by atoms with Gasteiger partial charge in [0.25, 0.3) is 0 Å². The summed E-state index contributed by atoms with van der Waals surface area (Å²) < 4.78 is 13.3. The van der Waals surface area contributed by atoms with Crippen molar-refractivity contribution in [1.29, 1.82) is 0 Å². The second-order valence-electron chi connectivity index (χ2n) is 7.73. The standard InChI is InChI=1S/C25H26ClFN2/c26-23-9-8-21-18-29(13-12-28-17-20-4-2-1-3-5-20)25(16-22(21)15-23)14-19-6-10-24(27)11-7-19/h1-11,15,25,28H,12-14,16-18H2. The number of fused-ring (bicyclic) bond motifs is 1. The molecule has 1 heterocycles. The fourth-order valence-electron chi connectivity index (χ4n) is 4.08. The molecule has 0 aromatic heterocycles. The summed E-state index contributed by atoms with van der Waals surface area (Å²) in [7, 11) is 0. The molecule has 29 heavy (non-hydrogen) atoms. The zero-order valence-corrected chi connectivity index (χ0v) is 17.2. The lowest BCUT2D eigenvalue weighted by Crippen LogP contribution is -2.44. The number of nitrogens with zero attached hydrogens (tertiary/aromatic N) is 1. The first kappa shape index (κ1) is 20.1. The molecule has 150 valence electrons. The smallest absolute Gasteiger partial charge is 0.123 e. The van der Waals surface area contributed by atoms with Gasteiger partial charge in [-0.15, -0.1) is 0 Å². The van der Waals surface area contributed by atoms with Crippen molar-refractivity contribution in [3.05, 3.63) is 106 Å². The summed E-state index contributed by atoms with van der Waals surface area (Å²) >= 11 is 6.23. The number of hydrogen-bond donors (Lipinski definition) is 1. The molecule has 1 atom stereocenters. The molecule has 0 aliphatic carbocycles. The Bertz CT molecular complexity index is 927. The summed E-state index contributed by atoms with van der Waals surface area (Å²) in [6.07, 6.45) is 1.87. The molecule has 0 saturated carbocycles. The molecule has 0 bridgehead atoms. The lowest BCUT2D eigenvalue weighted by Gasteiger charge is -2.37. The normalized spacial score (nSPS) is 16.6. The number of hydrogen-bond acceptors (Lipinski definition) is 2. The van der Waals surface area contributed by atoms with E-state index < -0.39 is 0 Å². The molecule has 0 fully saturated rings. The summed E-state index contributed by atoms with van der Waals surface area (Å²) in [6, 6.07) is 24.0. The van der Waals surface area contributed by atoms with E-state index >= 15 is 0 Å². The van der Waals surface area contributed by atoms with Crippen molar-refractivity contribution in [2.75, 3.05) is 13.1 Å². The van der Waals surface area contributed by atoms with Crippen LogP contribution in [0.15, 0.2) is 72.8 Å². The predicted octanol–water partition coefficient (Wildman–Crippen LogP) is 5.24. The van der Waals surface area contributed by atoms with E-state index in [0.717, 1.165) is 44.0 Å². The molecule has 1 aliphatic rings. The number of halogens is 2. The van der Waals surface area contributed by atoms with Gasteiger partial charge in [-0.05, 0) is 59.4 Å². The van der Waals surface area contributed by atoms with Crippen LogP contribution in [0.25, 0.3) is 0 Å². The van der Waals surface area contributed by atoms with Crippen molar-refractivity contribution in [3.8, 4) is 0 Å². The Hall–Kier alpha value is -2.20. The van der Waals surface area contributed by atoms with E-state index in [1.807, 2.05) is 24.3 Å². The van der Waals surface area contributed by atoms with Gasteiger partial charge in [0, 0.05) is 37.2 Å². The van der Waals surface area contributed by atoms with Crippen LogP contribution in [0.2, 0.25) is 5.02 Å². The van der Waals surface area contributed by atoms with Crippen LogP contribution >= 0.6 is 11.6 Å². The SMILES string of the molecule is Fc1ccc(CC2Cc3cc(Cl)ccc3CN2CCNCc2ccccc2)cc1. The fourth-order valence-corrected chi connectivity index (χ4v) is 4.27. The molecule has 3 aromatic carbocycles. The molecule has 0 radical (unpaired) electrons. The molecule has 4 heteroatoms. The molecule has 2 nitrogen and oxygen atoms in total. The van der Waals surface area contributed by atoms with Gasteiger partial charge in [-0.25, -0.2) is 4.39 Å². The van der Waals surface area contributed by atoms with Crippen LogP contribution < -0.4 is 5.32 Å². The average molecular weight is 409 g/mol. The third-order valence-electron chi connectivity index (χ3n) is 5.65. The minimum Gasteiger partial charge on any atom is -0.311 e. The maximum Gasteiger partial charge on any atom is 0.123 e. The van der Waals surface area contributed by atoms with Crippen LogP contribution in [0, 0.1) is 5.82 Å². The number of rotatable bonds is 7. The quantitative estimate of drug-likeness (QED) is 0.538.